The third-order valence-corrected chi connectivity index (χ3v) is 15.0. The monoisotopic (exact) mass is 1010 g/mol. The lowest BCUT2D eigenvalue weighted by Crippen LogP contribution is -2.30. The molecule has 0 bridgehead atoms. The van der Waals surface area contributed by atoms with Gasteiger partial charge in [0, 0.05) is 19.3 Å². The van der Waals surface area contributed by atoms with E-state index in [1.807, 2.05) is 0 Å². The predicted molar refractivity (Wildman–Crippen MR) is 312 cm³/mol. The van der Waals surface area contributed by atoms with Crippen LogP contribution in [0.5, 0.6) is 0 Å². The Morgan fingerprint density at radius 1 is 0.264 bits per heavy atom. The quantitative estimate of drug-likeness (QED) is 0.0261. The Balaban J connectivity index is 3.82. The first-order valence-electron chi connectivity index (χ1n) is 32.7. The molecule has 0 aliphatic carbocycles. The van der Waals surface area contributed by atoms with Crippen LogP contribution < -0.4 is 0 Å². The first-order valence-corrected chi connectivity index (χ1v) is 32.7. The molecule has 0 fully saturated rings. The Kier molecular flexibility index (Phi) is 60.1. The molecule has 6 nitrogen and oxygen atoms in total. The highest BCUT2D eigenvalue weighted by atomic mass is 16.6. The third kappa shape index (κ3) is 59.0. The molecule has 0 rings (SSSR count). The lowest BCUT2D eigenvalue weighted by Gasteiger charge is -2.18. The summed E-state index contributed by atoms with van der Waals surface area (Å²) >= 11 is 0. The molecule has 0 N–H and O–H groups in total. The lowest BCUT2D eigenvalue weighted by molar-refractivity contribution is -0.167. The number of esters is 3. The van der Waals surface area contributed by atoms with Crippen molar-refractivity contribution in [1.29, 1.82) is 0 Å². The molecule has 0 saturated heterocycles. The molecule has 0 aromatic carbocycles. The van der Waals surface area contributed by atoms with Crippen LogP contribution in [-0.2, 0) is 28.6 Å². The molecule has 0 radical (unpaired) electrons. The Labute approximate surface area is 450 Å². The van der Waals surface area contributed by atoms with Crippen LogP contribution >= 0.6 is 0 Å². The van der Waals surface area contributed by atoms with Gasteiger partial charge in [-0.3, -0.25) is 14.4 Å². The zero-order valence-electron chi connectivity index (χ0n) is 49.0. The second kappa shape index (κ2) is 61.7. The minimum absolute atomic E-state index is 0.0688. The lowest BCUT2D eigenvalue weighted by atomic mass is 10.0. The van der Waals surface area contributed by atoms with Crippen molar-refractivity contribution < 1.29 is 28.6 Å². The number of hydrogen-bond donors (Lipinski definition) is 0. The number of unbranched alkanes of at least 4 members (excludes halogenated alkanes) is 48. The highest BCUT2D eigenvalue weighted by Gasteiger charge is 2.19. The molecule has 0 aliphatic heterocycles. The summed E-state index contributed by atoms with van der Waals surface area (Å²) in [4.78, 5) is 37.8. The third-order valence-electron chi connectivity index (χ3n) is 15.0. The molecule has 0 aromatic rings. The summed E-state index contributed by atoms with van der Waals surface area (Å²) in [5.41, 5.74) is 0. The van der Waals surface area contributed by atoms with Gasteiger partial charge in [-0.2, -0.15) is 0 Å². The standard InChI is InChI=1S/C66H126O6/c1-4-7-10-13-16-18-20-22-23-24-25-26-27-28-29-30-31-32-33-34-35-36-37-38-39-40-41-42-43-45-46-48-50-53-56-59-65(68)71-62-63(61-70-64(67)58-55-52-15-12-9-6-3)72-66(69)60-57-54-51-49-47-44-21-19-17-14-11-8-5-2/h19,21,63H,4-18,20,22-62H2,1-3H3/b21-19-. The molecule has 6 heteroatoms. The minimum Gasteiger partial charge on any atom is -0.462 e. The average Bonchev–Trinajstić information content (AvgIpc) is 3.38. The van der Waals surface area contributed by atoms with E-state index in [1.165, 1.54) is 270 Å². The zero-order chi connectivity index (χ0) is 52.2. The maximum atomic E-state index is 12.8. The van der Waals surface area contributed by atoms with E-state index in [0.29, 0.717) is 19.3 Å². The van der Waals surface area contributed by atoms with Gasteiger partial charge in [0.1, 0.15) is 13.2 Å². The predicted octanol–water partition coefficient (Wildman–Crippen LogP) is 22.1. The van der Waals surface area contributed by atoms with E-state index < -0.39 is 6.10 Å². The van der Waals surface area contributed by atoms with Crippen molar-refractivity contribution in [2.24, 2.45) is 0 Å². The van der Waals surface area contributed by atoms with Crippen LogP contribution in [0.25, 0.3) is 0 Å². The van der Waals surface area contributed by atoms with E-state index in [0.717, 1.165) is 64.2 Å². The average molecular weight is 1020 g/mol. The van der Waals surface area contributed by atoms with Gasteiger partial charge in [0.05, 0.1) is 0 Å². The SMILES string of the molecule is CCCCCC/C=C\CCCCCCCC(=O)OC(COC(=O)CCCCCCCC)COC(=O)CCCCCCCCCCCCCCCCCCCCCCCCCCCCCCCCCCCCC. The van der Waals surface area contributed by atoms with Crippen LogP contribution in [0.2, 0.25) is 0 Å². The Hall–Kier alpha value is -1.85. The molecule has 426 valence electrons. The molecule has 0 aromatic heterocycles. The second-order valence-electron chi connectivity index (χ2n) is 22.4. The topological polar surface area (TPSA) is 78.9 Å². The molecule has 0 heterocycles. The van der Waals surface area contributed by atoms with Crippen molar-refractivity contribution in [1.82, 2.24) is 0 Å². The number of carbonyl (C=O) groups is 3. The van der Waals surface area contributed by atoms with Crippen molar-refractivity contribution in [3.63, 3.8) is 0 Å². The van der Waals surface area contributed by atoms with Gasteiger partial charge in [0.2, 0.25) is 0 Å². The van der Waals surface area contributed by atoms with Gasteiger partial charge in [-0.25, -0.2) is 0 Å². The summed E-state index contributed by atoms with van der Waals surface area (Å²) in [5, 5.41) is 0. The van der Waals surface area contributed by atoms with Crippen LogP contribution in [0.4, 0.5) is 0 Å². The number of hydrogen-bond acceptors (Lipinski definition) is 6. The van der Waals surface area contributed by atoms with Crippen LogP contribution in [-0.4, -0.2) is 37.2 Å². The zero-order valence-corrected chi connectivity index (χ0v) is 49.0. The van der Waals surface area contributed by atoms with Crippen LogP contribution in [0, 0.1) is 0 Å². The number of rotatable bonds is 61. The molecule has 72 heavy (non-hydrogen) atoms. The second-order valence-corrected chi connectivity index (χ2v) is 22.4. The van der Waals surface area contributed by atoms with Crippen LogP contribution in [0.3, 0.4) is 0 Å². The molecule has 1 atom stereocenters. The van der Waals surface area contributed by atoms with Crippen molar-refractivity contribution in [2.45, 2.75) is 380 Å². The van der Waals surface area contributed by atoms with E-state index >= 15 is 0 Å². The number of allylic oxidation sites excluding steroid dienone is 2. The number of carbonyl (C=O) groups excluding carboxylic acids is 3. The van der Waals surface area contributed by atoms with Gasteiger partial charge in [-0.15, -0.1) is 0 Å². The minimum atomic E-state index is -0.767. The van der Waals surface area contributed by atoms with Gasteiger partial charge in [-0.05, 0) is 44.9 Å². The summed E-state index contributed by atoms with van der Waals surface area (Å²) in [7, 11) is 0. The summed E-state index contributed by atoms with van der Waals surface area (Å²) in [6.45, 7) is 6.61. The molecule has 1 unspecified atom stereocenters. The van der Waals surface area contributed by atoms with Crippen molar-refractivity contribution in [3.8, 4) is 0 Å². The van der Waals surface area contributed by atoms with Crippen molar-refractivity contribution in [2.75, 3.05) is 13.2 Å². The molecule has 0 spiro atoms. The summed E-state index contributed by atoms with van der Waals surface area (Å²) in [6, 6.07) is 0. The molecular formula is C66H126O6. The number of ether oxygens (including phenoxy) is 3. The fourth-order valence-corrected chi connectivity index (χ4v) is 10.1. The smallest absolute Gasteiger partial charge is 0.306 e. The molecule has 0 saturated carbocycles. The largest absolute Gasteiger partial charge is 0.462 e. The fourth-order valence-electron chi connectivity index (χ4n) is 10.1. The Bertz CT molecular complexity index is 1120. The van der Waals surface area contributed by atoms with Crippen LogP contribution in [0.1, 0.15) is 374 Å². The van der Waals surface area contributed by atoms with Gasteiger partial charge >= 0.3 is 17.9 Å². The van der Waals surface area contributed by atoms with Gasteiger partial charge in [0.25, 0.3) is 0 Å². The van der Waals surface area contributed by atoms with Crippen molar-refractivity contribution in [3.05, 3.63) is 12.2 Å². The van der Waals surface area contributed by atoms with E-state index in [9.17, 15) is 14.4 Å². The summed E-state index contributed by atoms with van der Waals surface area (Å²) in [6.07, 6.45) is 73.0. The maximum Gasteiger partial charge on any atom is 0.306 e. The highest BCUT2D eigenvalue weighted by molar-refractivity contribution is 5.71. The van der Waals surface area contributed by atoms with E-state index in [4.69, 9.17) is 14.2 Å². The molecule has 0 amide bonds. The van der Waals surface area contributed by atoms with Crippen LogP contribution in [0.15, 0.2) is 12.2 Å². The Morgan fingerprint density at radius 2 is 0.458 bits per heavy atom. The summed E-state index contributed by atoms with van der Waals surface area (Å²) in [5.74, 6) is -0.867. The highest BCUT2D eigenvalue weighted by Crippen LogP contribution is 2.19. The maximum absolute atomic E-state index is 12.8. The first-order chi connectivity index (χ1) is 35.5. The fraction of sp³-hybridized carbons (Fsp3) is 0.924. The van der Waals surface area contributed by atoms with E-state index in [-0.39, 0.29) is 31.1 Å². The Morgan fingerprint density at radius 3 is 0.708 bits per heavy atom. The first kappa shape index (κ1) is 70.1. The van der Waals surface area contributed by atoms with E-state index in [2.05, 4.69) is 32.9 Å². The molecular weight excluding hydrogens is 889 g/mol. The van der Waals surface area contributed by atoms with Gasteiger partial charge in [-0.1, -0.05) is 322 Å². The van der Waals surface area contributed by atoms with E-state index in [1.54, 1.807) is 0 Å². The van der Waals surface area contributed by atoms with Crippen molar-refractivity contribution >= 4 is 17.9 Å². The van der Waals surface area contributed by atoms with Gasteiger partial charge in [0.15, 0.2) is 6.10 Å². The van der Waals surface area contributed by atoms with Gasteiger partial charge < -0.3 is 14.2 Å². The summed E-state index contributed by atoms with van der Waals surface area (Å²) < 4.78 is 16.8. The normalized spacial score (nSPS) is 12.0. The molecule has 0 aliphatic rings.